The number of nitrogens with one attached hydrogen (secondary N) is 2. The van der Waals surface area contributed by atoms with Crippen LogP contribution >= 0.6 is 15.9 Å². The predicted octanol–water partition coefficient (Wildman–Crippen LogP) is 2.90. The molecule has 5 nitrogen and oxygen atoms in total. The summed E-state index contributed by atoms with van der Waals surface area (Å²) in [7, 11) is 1.90. The van der Waals surface area contributed by atoms with Gasteiger partial charge in [-0.25, -0.2) is 0 Å². The van der Waals surface area contributed by atoms with Crippen molar-refractivity contribution in [3.8, 4) is 0 Å². The number of nitrogens with zero attached hydrogens (tertiary/aromatic N) is 2. The minimum absolute atomic E-state index is 0.0410. The second-order valence-electron chi connectivity index (χ2n) is 4.97. The summed E-state index contributed by atoms with van der Waals surface area (Å²) in [6.07, 6.45) is 0. The van der Waals surface area contributed by atoms with Gasteiger partial charge in [0.1, 0.15) is 6.04 Å². The van der Waals surface area contributed by atoms with Crippen molar-refractivity contribution in [2.75, 3.05) is 10.6 Å². The van der Waals surface area contributed by atoms with Crippen LogP contribution in [0.2, 0.25) is 0 Å². The minimum Gasteiger partial charge on any atom is -0.367 e. The second kappa shape index (κ2) is 4.63. The van der Waals surface area contributed by atoms with Crippen LogP contribution in [0, 0.1) is 13.8 Å². The van der Waals surface area contributed by atoms with Crippen LogP contribution in [0.15, 0.2) is 22.7 Å². The number of hydrogen-bond acceptors (Lipinski definition) is 3. The first kappa shape index (κ1) is 13.2. The monoisotopic (exact) mass is 334 g/mol. The number of amides is 1. The SMILES string of the molecule is Cc1nn(C)c(C)c1NC1C(=O)Nc2ccc(Br)cc21. The molecule has 1 atom stereocenters. The number of hydrogen-bond donors (Lipinski definition) is 2. The lowest BCUT2D eigenvalue weighted by molar-refractivity contribution is -0.116. The molecule has 0 radical (unpaired) electrons. The van der Waals surface area contributed by atoms with E-state index in [0.29, 0.717) is 0 Å². The van der Waals surface area contributed by atoms with E-state index in [4.69, 9.17) is 0 Å². The first-order valence-electron chi connectivity index (χ1n) is 6.34. The average molecular weight is 335 g/mol. The number of carbonyl (C=O) groups is 1. The average Bonchev–Trinajstić information content (AvgIpc) is 2.82. The summed E-state index contributed by atoms with van der Waals surface area (Å²) in [5, 5.41) is 10.6. The van der Waals surface area contributed by atoms with E-state index in [1.54, 1.807) is 0 Å². The third-order valence-electron chi connectivity index (χ3n) is 3.64. The van der Waals surface area contributed by atoms with Gasteiger partial charge in [-0.3, -0.25) is 9.48 Å². The maximum atomic E-state index is 12.2. The number of aryl methyl sites for hydroxylation is 2. The normalized spacial score (nSPS) is 17.0. The van der Waals surface area contributed by atoms with Gasteiger partial charge in [-0.15, -0.1) is 0 Å². The molecule has 104 valence electrons. The zero-order valence-corrected chi connectivity index (χ0v) is 13.1. The Balaban J connectivity index is 2.00. The Kier molecular flexibility index (Phi) is 3.05. The van der Waals surface area contributed by atoms with Crippen molar-refractivity contribution in [1.82, 2.24) is 9.78 Å². The van der Waals surface area contributed by atoms with Gasteiger partial charge in [0.25, 0.3) is 5.91 Å². The summed E-state index contributed by atoms with van der Waals surface area (Å²) in [6, 6.07) is 5.40. The van der Waals surface area contributed by atoms with Crippen LogP contribution < -0.4 is 10.6 Å². The van der Waals surface area contributed by atoms with Crippen molar-refractivity contribution >= 4 is 33.2 Å². The van der Waals surface area contributed by atoms with Crippen LogP contribution in [0.1, 0.15) is 23.0 Å². The number of rotatable bonds is 2. The standard InChI is InChI=1S/C14H15BrN4O/c1-7-12(8(2)19(3)18-7)17-13-10-6-9(15)4-5-11(10)16-14(13)20/h4-6,13,17H,1-3H3,(H,16,20). The maximum absolute atomic E-state index is 12.2. The summed E-state index contributed by atoms with van der Waals surface area (Å²) in [5.74, 6) is -0.0410. The van der Waals surface area contributed by atoms with Gasteiger partial charge in [0.15, 0.2) is 0 Å². The molecule has 0 spiro atoms. The van der Waals surface area contributed by atoms with Gasteiger partial charge < -0.3 is 10.6 Å². The van der Waals surface area contributed by atoms with E-state index in [9.17, 15) is 4.79 Å². The Morgan fingerprint density at radius 2 is 2.15 bits per heavy atom. The van der Waals surface area contributed by atoms with Gasteiger partial charge in [-0.05, 0) is 32.0 Å². The molecule has 0 fully saturated rings. The second-order valence-corrected chi connectivity index (χ2v) is 5.88. The van der Waals surface area contributed by atoms with Crippen LogP contribution in [0.4, 0.5) is 11.4 Å². The Hall–Kier alpha value is -1.82. The predicted molar refractivity (Wildman–Crippen MR) is 81.8 cm³/mol. The molecule has 6 heteroatoms. The smallest absolute Gasteiger partial charge is 0.251 e. The van der Waals surface area contributed by atoms with E-state index in [1.807, 2.05) is 43.8 Å². The van der Waals surface area contributed by atoms with Gasteiger partial charge in [0, 0.05) is 22.8 Å². The van der Waals surface area contributed by atoms with E-state index < -0.39 is 0 Å². The maximum Gasteiger partial charge on any atom is 0.251 e. The third kappa shape index (κ3) is 2.00. The van der Waals surface area contributed by atoms with Crippen LogP contribution in [-0.4, -0.2) is 15.7 Å². The molecule has 1 amide bonds. The summed E-state index contributed by atoms with van der Waals surface area (Å²) >= 11 is 3.45. The van der Waals surface area contributed by atoms with Gasteiger partial charge in [0.05, 0.1) is 17.1 Å². The molecule has 1 aromatic heterocycles. The van der Waals surface area contributed by atoms with Crippen molar-refractivity contribution in [2.45, 2.75) is 19.9 Å². The summed E-state index contributed by atoms with van der Waals surface area (Å²) in [5.41, 5.74) is 4.63. The summed E-state index contributed by atoms with van der Waals surface area (Å²) in [4.78, 5) is 12.2. The molecule has 0 saturated heterocycles. The first-order valence-corrected chi connectivity index (χ1v) is 7.13. The molecule has 2 aromatic rings. The topological polar surface area (TPSA) is 59.0 Å². The molecule has 20 heavy (non-hydrogen) atoms. The van der Waals surface area contributed by atoms with Gasteiger partial charge >= 0.3 is 0 Å². The number of benzene rings is 1. The van der Waals surface area contributed by atoms with Crippen molar-refractivity contribution in [3.63, 3.8) is 0 Å². The van der Waals surface area contributed by atoms with Gasteiger partial charge in [-0.2, -0.15) is 5.10 Å². The fourth-order valence-electron chi connectivity index (χ4n) is 2.50. The molecule has 1 aromatic carbocycles. The Bertz CT molecular complexity index is 707. The molecule has 1 aliphatic rings. The molecule has 1 unspecified atom stereocenters. The summed E-state index contributed by atoms with van der Waals surface area (Å²) in [6.45, 7) is 3.92. The van der Waals surface area contributed by atoms with E-state index in [-0.39, 0.29) is 11.9 Å². The Morgan fingerprint density at radius 3 is 2.80 bits per heavy atom. The quantitative estimate of drug-likeness (QED) is 0.887. The number of anilines is 2. The highest BCUT2D eigenvalue weighted by molar-refractivity contribution is 9.10. The van der Waals surface area contributed by atoms with Crippen molar-refractivity contribution in [1.29, 1.82) is 0 Å². The molecule has 2 N–H and O–H groups in total. The lowest BCUT2D eigenvalue weighted by atomic mass is 10.1. The largest absolute Gasteiger partial charge is 0.367 e. The molecule has 2 heterocycles. The lowest BCUT2D eigenvalue weighted by Gasteiger charge is -2.13. The highest BCUT2D eigenvalue weighted by atomic mass is 79.9. The fraction of sp³-hybridized carbons (Fsp3) is 0.286. The molecular weight excluding hydrogens is 320 g/mol. The molecule has 0 bridgehead atoms. The van der Waals surface area contributed by atoms with Crippen LogP contribution in [0.5, 0.6) is 0 Å². The number of carbonyl (C=O) groups excluding carboxylic acids is 1. The highest BCUT2D eigenvalue weighted by Crippen LogP contribution is 2.36. The van der Waals surface area contributed by atoms with Gasteiger partial charge in [-0.1, -0.05) is 15.9 Å². The van der Waals surface area contributed by atoms with Crippen LogP contribution in [0.25, 0.3) is 0 Å². The van der Waals surface area contributed by atoms with E-state index in [2.05, 4.69) is 31.7 Å². The van der Waals surface area contributed by atoms with Crippen molar-refractivity contribution in [3.05, 3.63) is 39.6 Å². The molecule has 0 saturated carbocycles. The Labute approximate surface area is 125 Å². The number of halogens is 1. The lowest BCUT2D eigenvalue weighted by Crippen LogP contribution is -2.20. The number of fused-ring (bicyclic) bond motifs is 1. The van der Waals surface area contributed by atoms with E-state index in [0.717, 1.165) is 32.8 Å². The molecule has 3 rings (SSSR count). The summed E-state index contributed by atoms with van der Waals surface area (Å²) < 4.78 is 2.77. The highest BCUT2D eigenvalue weighted by Gasteiger charge is 2.31. The third-order valence-corrected chi connectivity index (χ3v) is 4.14. The molecule has 0 aliphatic carbocycles. The Morgan fingerprint density at radius 1 is 1.40 bits per heavy atom. The zero-order chi connectivity index (χ0) is 14.4. The fourth-order valence-corrected chi connectivity index (χ4v) is 2.88. The van der Waals surface area contributed by atoms with Crippen molar-refractivity contribution < 1.29 is 4.79 Å². The van der Waals surface area contributed by atoms with E-state index in [1.165, 1.54) is 0 Å². The van der Waals surface area contributed by atoms with Crippen LogP contribution in [0.3, 0.4) is 0 Å². The zero-order valence-electron chi connectivity index (χ0n) is 11.5. The van der Waals surface area contributed by atoms with E-state index >= 15 is 0 Å². The molecule has 1 aliphatic heterocycles. The van der Waals surface area contributed by atoms with Crippen LogP contribution in [-0.2, 0) is 11.8 Å². The molecular formula is C14H15BrN4O. The number of aromatic nitrogens is 2. The van der Waals surface area contributed by atoms with Gasteiger partial charge in [0.2, 0.25) is 0 Å². The first-order chi connectivity index (χ1) is 9.47. The minimum atomic E-state index is -0.385. The van der Waals surface area contributed by atoms with Crippen molar-refractivity contribution in [2.24, 2.45) is 7.05 Å².